The van der Waals surface area contributed by atoms with E-state index in [0.29, 0.717) is 24.9 Å². The van der Waals surface area contributed by atoms with Gasteiger partial charge in [-0.05, 0) is 31.5 Å². The molecule has 1 aliphatic heterocycles. The Balaban J connectivity index is 1.68. The Morgan fingerprint density at radius 2 is 2.11 bits per heavy atom. The molecule has 1 saturated heterocycles. The van der Waals surface area contributed by atoms with Crippen LogP contribution in [0.4, 0.5) is 0 Å². The van der Waals surface area contributed by atoms with E-state index in [4.69, 9.17) is 4.42 Å². The summed E-state index contributed by atoms with van der Waals surface area (Å²) in [4.78, 5) is 2.15. The molecule has 0 saturated carbocycles. The van der Waals surface area contributed by atoms with Gasteiger partial charge in [0, 0.05) is 12.1 Å². The van der Waals surface area contributed by atoms with E-state index < -0.39 is 0 Å². The molecule has 0 aliphatic carbocycles. The van der Waals surface area contributed by atoms with Crippen molar-refractivity contribution in [1.82, 2.24) is 15.1 Å². The minimum Gasteiger partial charge on any atom is -0.419 e. The van der Waals surface area contributed by atoms with Crippen molar-refractivity contribution in [2.45, 2.75) is 25.5 Å². The first-order valence-corrected chi connectivity index (χ1v) is 6.59. The Morgan fingerprint density at radius 1 is 1.26 bits per heavy atom. The normalized spacial score (nSPS) is 20.6. The Labute approximate surface area is 111 Å². The van der Waals surface area contributed by atoms with E-state index in [9.17, 15) is 5.11 Å². The smallest absolute Gasteiger partial charge is 0.247 e. The molecular formula is C14H17N3O2. The third-order valence-electron chi connectivity index (χ3n) is 3.33. The summed E-state index contributed by atoms with van der Waals surface area (Å²) in [6.45, 7) is 2.26. The molecule has 1 fully saturated rings. The first-order chi connectivity index (χ1) is 9.31. The fourth-order valence-corrected chi connectivity index (χ4v) is 2.38. The molecule has 19 heavy (non-hydrogen) atoms. The van der Waals surface area contributed by atoms with Crippen molar-refractivity contribution in [3.8, 4) is 11.5 Å². The van der Waals surface area contributed by atoms with E-state index in [-0.39, 0.29) is 6.10 Å². The van der Waals surface area contributed by atoms with Crippen molar-refractivity contribution < 1.29 is 9.52 Å². The molecule has 1 aromatic carbocycles. The zero-order valence-electron chi connectivity index (χ0n) is 10.7. The van der Waals surface area contributed by atoms with Crippen molar-refractivity contribution in [3.05, 3.63) is 36.2 Å². The van der Waals surface area contributed by atoms with E-state index in [1.54, 1.807) is 0 Å². The van der Waals surface area contributed by atoms with Gasteiger partial charge in [-0.15, -0.1) is 10.2 Å². The van der Waals surface area contributed by atoms with Crippen LogP contribution in [-0.4, -0.2) is 39.4 Å². The highest BCUT2D eigenvalue weighted by molar-refractivity contribution is 5.51. The average molecular weight is 259 g/mol. The number of likely N-dealkylation sites (tertiary alicyclic amines) is 1. The largest absolute Gasteiger partial charge is 0.419 e. The van der Waals surface area contributed by atoms with Gasteiger partial charge in [-0.25, -0.2) is 0 Å². The van der Waals surface area contributed by atoms with Gasteiger partial charge >= 0.3 is 0 Å². The van der Waals surface area contributed by atoms with Crippen molar-refractivity contribution in [3.63, 3.8) is 0 Å². The van der Waals surface area contributed by atoms with E-state index in [1.165, 1.54) is 0 Å². The van der Waals surface area contributed by atoms with Crippen molar-refractivity contribution in [1.29, 1.82) is 0 Å². The maximum atomic E-state index is 9.63. The molecule has 0 radical (unpaired) electrons. The summed E-state index contributed by atoms with van der Waals surface area (Å²) in [5.41, 5.74) is 0.930. The van der Waals surface area contributed by atoms with Crippen LogP contribution in [0.2, 0.25) is 0 Å². The third kappa shape index (κ3) is 3.00. The van der Waals surface area contributed by atoms with Crippen LogP contribution in [0.25, 0.3) is 11.5 Å². The van der Waals surface area contributed by atoms with Gasteiger partial charge in [0.2, 0.25) is 11.8 Å². The average Bonchev–Trinajstić information content (AvgIpc) is 2.88. The number of hydrogen-bond acceptors (Lipinski definition) is 5. The Hall–Kier alpha value is -1.72. The van der Waals surface area contributed by atoms with Gasteiger partial charge in [0.25, 0.3) is 0 Å². The molecule has 1 atom stereocenters. The Morgan fingerprint density at radius 3 is 2.89 bits per heavy atom. The summed E-state index contributed by atoms with van der Waals surface area (Å²) in [5.74, 6) is 1.15. The fraction of sp³-hybridized carbons (Fsp3) is 0.429. The lowest BCUT2D eigenvalue weighted by atomic mass is 10.1. The van der Waals surface area contributed by atoms with Crippen LogP contribution in [0.3, 0.4) is 0 Å². The molecule has 0 bridgehead atoms. The summed E-state index contributed by atoms with van der Waals surface area (Å²) in [6, 6.07) is 9.74. The van der Waals surface area contributed by atoms with Crippen LogP contribution >= 0.6 is 0 Å². The molecule has 2 aromatic rings. The zero-order chi connectivity index (χ0) is 13.1. The number of rotatable bonds is 3. The lowest BCUT2D eigenvalue weighted by Gasteiger charge is -2.28. The van der Waals surface area contributed by atoms with Gasteiger partial charge in [0.15, 0.2) is 0 Å². The van der Waals surface area contributed by atoms with E-state index in [0.717, 1.165) is 24.9 Å². The maximum absolute atomic E-state index is 9.63. The fourth-order valence-electron chi connectivity index (χ4n) is 2.38. The first-order valence-electron chi connectivity index (χ1n) is 6.59. The van der Waals surface area contributed by atoms with Crippen molar-refractivity contribution in [2.24, 2.45) is 0 Å². The molecule has 0 amide bonds. The maximum Gasteiger partial charge on any atom is 0.247 e. The monoisotopic (exact) mass is 259 g/mol. The molecular weight excluding hydrogens is 242 g/mol. The molecule has 1 N–H and O–H groups in total. The molecule has 5 heteroatoms. The second-order valence-corrected chi connectivity index (χ2v) is 4.90. The molecule has 3 rings (SSSR count). The van der Waals surface area contributed by atoms with Crippen molar-refractivity contribution >= 4 is 0 Å². The van der Waals surface area contributed by atoms with Crippen LogP contribution in [0.5, 0.6) is 0 Å². The van der Waals surface area contributed by atoms with Gasteiger partial charge in [-0.2, -0.15) is 0 Å². The zero-order valence-corrected chi connectivity index (χ0v) is 10.7. The van der Waals surface area contributed by atoms with E-state index in [2.05, 4.69) is 15.1 Å². The number of nitrogens with zero attached hydrogens (tertiary/aromatic N) is 3. The highest BCUT2D eigenvalue weighted by atomic mass is 16.4. The van der Waals surface area contributed by atoms with Gasteiger partial charge in [-0.1, -0.05) is 18.2 Å². The molecule has 1 aliphatic rings. The molecule has 0 spiro atoms. The summed E-state index contributed by atoms with van der Waals surface area (Å²) >= 11 is 0. The number of aliphatic hydroxyl groups excluding tert-OH is 1. The van der Waals surface area contributed by atoms with Crippen molar-refractivity contribution in [2.75, 3.05) is 13.1 Å². The summed E-state index contributed by atoms with van der Waals surface area (Å²) in [7, 11) is 0. The molecule has 1 aromatic heterocycles. The lowest BCUT2D eigenvalue weighted by Crippen LogP contribution is -2.37. The number of aliphatic hydroxyl groups is 1. The Bertz CT molecular complexity index is 526. The third-order valence-corrected chi connectivity index (χ3v) is 3.33. The number of hydrogen-bond donors (Lipinski definition) is 1. The predicted octanol–water partition coefficient (Wildman–Crippen LogP) is 1.69. The highest BCUT2D eigenvalue weighted by Gasteiger charge is 2.19. The SMILES string of the molecule is O[C@H]1CCCN(Cc2nnc(-c3ccccc3)o2)C1. The predicted molar refractivity (Wildman–Crippen MR) is 70.3 cm³/mol. The molecule has 0 unspecified atom stereocenters. The summed E-state index contributed by atoms with van der Waals surface area (Å²) < 4.78 is 5.66. The van der Waals surface area contributed by atoms with Crippen LogP contribution in [-0.2, 0) is 6.54 Å². The van der Waals surface area contributed by atoms with Gasteiger partial charge in [0.1, 0.15) is 0 Å². The van der Waals surface area contributed by atoms with E-state index in [1.807, 2.05) is 30.3 Å². The number of piperidine rings is 1. The quantitative estimate of drug-likeness (QED) is 0.909. The molecule has 2 heterocycles. The van der Waals surface area contributed by atoms with Gasteiger partial charge in [-0.3, -0.25) is 4.90 Å². The minimum absolute atomic E-state index is 0.231. The lowest BCUT2D eigenvalue weighted by molar-refractivity contribution is 0.0625. The highest BCUT2D eigenvalue weighted by Crippen LogP contribution is 2.18. The molecule has 100 valence electrons. The van der Waals surface area contributed by atoms with Crippen LogP contribution < -0.4 is 0 Å². The number of β-amino-alcohol motifs (C(OH)–C–C–N with tert-alkyl or cyclic N) is 1. The molecule has 5 nitrogen and oxygen atoms in total. The second kappa shape index (κ2) is 5.50. The first kappa shape index (κ1) is 12.3. The van der Waals surface area contributed by atoms with Crippen LogP contribution in [0.1, 0.15) is 18.7 Å². The summed E-state index contributed by atoms with van der Waals surface area (Å²) in [6.07, 6.45) is 1.67. The van der Waals surface area contributed by atoms with Crippen LogP contribution in [0, 0.1) is 0 Å². The standard InChI is InChI=1S/C14H17N3O2/c18-12-7-4-8-17(9-12)10-13-15-16-14(19-13)11-5-2-1-3-6-11/h1-3,5-6,12,18H,4,7-10H2/t12-/m0/s1. The minimum atomic E-state index is -0.231. The second-order valence-electron chi connectivity index (χ2n) is 4.90. The number of aromatic nitrogens is 2. The number of benzene rings is 1. The van der Waals surface area contributed by atoms with Gasteiger partial charge < -0.3 is 9.52 Å². The summed E-state index contributed by atoms with van der Waals surface area (Å²) in [5, 5.41) is 17.8. The van der Waals surface area contributed by atoms with E-state index >= 15 is 0 Å². The topological polar surface area (TPSA) is 62.4 Å². The van der Waals surface area contributed by atoms with Gasteiger partial charge in [0.05, 0.1) is 12.6 Å². The van der Waals surface area contributed by atoms with Crippen LogP contribution in [0.15, 0.2) is 34.7 Å². The Kier molecular flexibility index (Phi) is 3.57.